The molecule has 0 radical (unpaired) electrons. The summed E-state index contributed by atoms with van der Waals surface area (Å²) >= 11 is 5.89. The zero-order chi connectivity index (χ0) is 16.2. The van der Waals surface area contributed by atoms with Crippen molar-refractivity contribution in [3.8, 4) is 0 Å². The first-order valence-corrected chi connectivity index (χ1v) is 8.03. The summed E-state index contributed by atoms with van der Waals surface area (Å²) in [6.45, 7) is -0.136. The normalized spacial score (nSPS) is 20.6. The van der Waals surface area contributed by atoms with Crippen molar-refractivity contribution < 1.29 is 9.90 Å². The topological polar surface area (TPSA) is 61.4 Å². The van der Waals surface area contributed by atoms with Gasteiger partial charge in [-0.25, -0.2) is 4.79 Å². The molecule has 2 aromatic rings. The fourth-order valence-electron chi connectivity index (χ4n) is 2.72. The highest BCUT2D eigenvalue weighted by Gasteiger charge is 2.39. The van der Waals surface area contributed by atoms with Crippen molar-refractivity contribution in [3.63, 3.8) is 0 Å². The molecule has 1 saturated carbocycles. The van der Waals surface area contributed by atoms with E-state index in [1.165, 1.54) is 5.56 Å². The van der Waals surface area contributed by atoms with Crippen molar-refractivity contribution in [1.29, 1.82) is 0 Å². The molecule has 2 amide bonds. The van der Waals surface area contributed by atoms with Gasteiger partial charge < -0.3 is 15.7 Å². The van der Waals surface area contributed by atoms with Crippen LogP contribution in [0.5, 0.6) is 0 Å². The lowest BCUT2D eigenvalue weighted by Gasteiger charge is -2.17. The van der Waals surface area contributed by atoms with Crippen molar-refractivity contribution in [2.75, 3.05) is 6.61 Å². The van der Waals surface area contributed by atoms with Crippen LogP contribution in [0.1, 0.15) is 29.5 Å². The number of hydrogen-bond donors (Lipinski definition) is 3. The third kappa shape index (κ3) is 4.03. The van der Waals surface area contributed by atoms with Crippen LogP contribution in [0.3, 0.4) is 0 Å². The number of benzene rings is 2. The maximum Gasteiger partial charge on any atom is 0.315 e. The Balaban J connectivity index is 1.53. The lowest BCUT2D eigenvalue weighted by Crippen LogP contribution is -2.40. The van der Waals surface area contributed by atoms with Crippen LogP contribution in [0, 0.1) is 0 Å². The van der Waals surface area contributed by atoms with Crippen LogP contribution in [0.25, 0.3) is 0 Å². The Labute approximate surface area is 140 Å². The SMILES string of the molecule is O=C(NC(CO)c1ccccc1)NC1CC1c1ccc(Cl)cc1. The lowest BCUT2D eigenvalue weighted by molar-refractivity contribution is 0.216. The van der Waals surface area contributed by atoms with Crippen molar-refractivity contribution in [2.45, 2.75) is 24.4 Å². The Hall–Kier alpha value is -2.04. The van der Waals surface area contributed by atoms with Crippen LogP contribution in [-0.4, -0.2) is 23.8 Å². The van der Waals surface area contributed by atoms with Crippen LogP contribution in [0.2, 0.25) is 5.02 Å². The van der Waals surface area contributed by atoms with Gasteiger partial charge in [0.2, 0.25) is 0 Å². The number of nitrogens with one attached hydrogen (secondary N) is 2. The van der Waals surface area contributed by atoms with Crippen LogP contribution in [0.4, 0.5) is 4.79 Å². The van der Waals surface area contributed by atoms with Gasteiger partial charge in [-0.3, -0.25) is 0 Å². The largest absolute Gasteiger partial charge is 0.394 e. The van der Waals surface area contributed by atoms with Gasteiger partial charge in [0.05, 0.1) is 12.6 Å². The van der Waals surface area contributed by atoms with Crippen molar-refractivity contribution >= 4 is 17.6 Å². The van der Waals surface area contributed by atoms with Gasteiger partial charge in [0.1, 0.15) is 0 Å². The maximum atomic E-state index is 12.1. The average molecular weight is 331 g/mol. The second-order valence-corrected chi connectivity index (χ2v) is 6.20. The van der Waals surface area contributed by atoms with E-state index < -0.39 is 6.04 Å². The number of rotatable bonds is 5. The Bertz CT molecular complexity index is 660. The van der Waals surface area contributed by atoms with Gasteiger partial charge in [-0.1, -0.05) is 54.1 Å². The Morgan fingerprint density at radius 3 is 2.52 bits per heavy atom. The molecule has 3 atom stereocenters. The molecule has 1 aliphatic carbocycles. The minimum absolute atomic E-state index is 0.131. The van der Waals surface area contributed by atoms with E-state index in [4.69, 9.17) is 11.6 Å². The third-order valence-corrected chi connectivity index (χ3v) is 4.35. The molecule has 5 heteroatoms. The van der Waals surface area contributed by atoms with Gasteiger partial charge in [0.25, 0.3) is 0 Å². The predicted octanol–water partition coefficient (Wildman–Crippen LogP) is 3.23. The fraction of sp³-hybridized carbons (Fsp3) is 0.278. The van der Waals surface area contributed by atoms with Crippen molar-refractivity contribution in [2.24, 2.45) is 0 Å². The number of aliphatic hydroxyl groups excluding tert-OH is 1. The predicted molar refractivity (Wildman–Crippen MR) is 90.5 cm³/mol. The highest BCUT2D eigenvalue weighted by molar-refractivity contribution is 6.30. The molecule has 0 aromatic heterocycles. The summed E-state index contributed by atoms with van der Waals surface area (Å²) in [5, 5.41) is 16.0. The molecule has 0 bridgehead atoms. The molecule has 3 unspecified atom stereocenters. The van der Waals surface area contributed by atoms with E-state index in [-0.39, 0.29) is 18.7 Å². The van der Waals surface area contributed by atoms with E-state index in [1.807, 2.05) is 54.6 Å². The standard InChI is InChI=1S/C18H19ClN2O2/c19-14-8-6-12(7-9-14)15-10-16(15)20-18(23)21-17(11-22)13-4-2-1-3-5-13/h1-9,15-17,22H,10-11H2,(H2,20,21,23). The average Bonchev–Trinajstić information content (AvgIpc) is 3.33. The molecule has 23 heavy (non-hydrogen) atoms. The smallest absolute Gasteiger partial charge is 0.315 e. The first kappa shape index (κ1) is 15.8. The van der Waals surface area contributed by atoms with Crippen LogP contribution in [-0.2, 0) is 0 Å². The van der Waals surface area contributed by atoms with E-state index in [0.717, 1.165) is 12.0 Å². The van der Waals surface area contributed by atoms with Gasteiger partial charge in [-0.2, -0.15) is 0 Å². The number of carbonyl (C=O) groups is 1. The number of aliphatic hydroxyl groups is 1. The molecule has 4 nitrogen and oxygen atoms in total. The van der Waals surface area contributed by atoms with Crippen molar-refractivity contribution in [3.05, 3.63) is 70.7 Å². The first-order valence-electron chi connectivity index (χ1n) is 7.65. The van der Waals surface area contributed by atoms with Gasteiger partial charge in [-0.15, -0.1) is 0 Å². The third-order valence-electron chi connectivity index (χ3n) is 4.09. The van der Waals surface area contributed by atoms with Gasteiger partial charge in [0, 0.05) is 17.0 Å². The summed E-state index contributed by atoms with van der Waals surface area (Å²) in [4.78, 5) is 12.1. The van der Waals surface area contributed by atoms with Gasteiger partial charge >= 0.3 is 6.03 Å². The zero-order valence-electron chi connectivity index (χ0n) is 12.6. The summed E-state index contributed by atoms with van der Waals surface area (Å²) in [5.41, 5.74) is 2.07. The molecule has 0 heterocycles. The first-order chi connectivity index (χ1) is 11.2. The molecule has 0 saturated heterocycles. The fourth-order valence-corrected chi connectivity index (χ4v) is 2.85. The number of halogens is 1. The molecule has 0 spiro atoms. The molecule has 1 aliphatic rings. The quantitative estimate of drug-likeness (QED) is 0.788. The van der Waals surface area contributed by atoms with Crippen LogP contribution in [0.15, 0.2) is 54.6 Å². The highest BCUT2D eigenvalue weighted by Crippen LogP contribution is 2.41. The van der Waals surface area contributed by atoms with Crippen LogP contribution < -0.4 is 10.6 Å². The minimum atomic E-state index is -0.399. The van der Waals surface area contributed by atoms with Gasteiger partial charge in [-0.05, 0) is 29.7 Å². The van der Waals surface area contributed by atoms with E-state index in [2.05, 4.69) is 10.6 Å². The summed E-state index contributed by atoms with van der Waals surface area (Å²) in [7, 11) is 0. The Kier molecular flexibility index (Phi) is 4.84. The van der Waals surface area contributed by atoms with Crippen molar-refractivity contribution in [1.82, 2.24) is 10.6 Å². The zero-order valence-corrected chi connectivity index (χ0v) is 13.3. The number of urea groups is 1. The molecule has 3 rings (SSSR count). The lowest BCUT2D eigenvalue weighted by atomic mass is 10.1. The second-order valence-electron chi connectivity index (χ2n) is 5.76. The molecule has 3 N–H and O–H groups in total. The molecular formula is C18H19ClN2O2. The Morgan fingerprint density at radius 1 is 1.17 bits per heavy atom. The van der Waals surface area contributed by atoms with E-state index in [1.54, 1.807) is 0 Å². The maximum absolute atomic E-state index is 12.1. The highest BCUT2D eigenvalue weighted by atomic mass is 35.5. The molecule has 1 fully saturated rings. The summed E-state index contributed by atoms with van der Waals surface area (Å²) in [6.07, 6.45) is 0.921. The molecule has 2 aromatic carbocycles. The molecule has 0 aliphatic heterocycles. The summed E-state index contributed by atoms with van der Waals surface area (Å²) in [5.74, 6) is 0.335. The monoisotopic (exact) mass is 330 g/mol. The summed E-state index contributed by atoms with van der Waals surface area (Å²) in [6, 6.07) is 16.6. The van der Waals surface area contributed by atoms with Crippen LogP contribution >= 0.6 is 11.6 Å². The molecule has 120 valence electrons. The van der Waals surface area contributed by atoms with E-state index >= 15 is 0 Å². The minimum Gasteiger partial charge on any atom is -0.394 e. The summed E-state index contributed by atoms with van der Waals surface area (Å²) < 4.78 is 0. The second kappa shape index (κ2) is 7.02. The van der Waals surface area contributed by atoms with E-state index in [9.17, 15) is 9.90 Å². The molecular weight excluding hydrogens is 312 g/mol. The van der Waals surface area contributed by atoms with E-state index in [0.29, 0.717) is 10.9 Å². The van der Waals surface area contributed by atoms with Gasteiger partial charge in [0.15, 0.2) is 0 Å². The number of amides is 2. The number of hydrogen-bond acceptors (Lipinski definition) is 2. The Morgan fingerprint density at radius 2 is 1.87 bits per heavy atom. The number of carbonyl (C=O) groups excluding carboxylic acids is 1.